The second-order valence-electron chi connectivity index (χ2n) is 9.72. The number of anilines is 1. The Bertz CT molecular complexity index is 1380. The molecule has 3 heterocycles. The molecule has 11 heteroatoms. The Morgan fingerprint density at radius 2 is 1.97 bits per heavy atom. The maximum atomic E-state index is 12.9. The minimum Gasteiger partial charge on any atom is -0.368 e. The van der Waals surface area contributed by atoms with Crippen molar-refractivity contribution in [3.05, 3.63) is 24.5 Å². The van der Waals surface area contributed by atoms with E-state index < -0.39 is 21.5 Å². The van der Waals surface area contributed by atoms with Crippen molar-refractivity contribution in [3.8, 4) is 0 Å². The highest BCUT2D eigenvalue weighted by molar-refractivity contribution is 7.89. The highest BCUT2D eigenvalue weighted by atomic mass is 32.2. The first-order valence-electron chi connectivity index (χ1n) is 11.0. The van der Waals surface area contributed by atoms with Crippen LogP contribution in [0.4, 0.5) is 5.82 Å². The molecule has 2 aliphatic rings. The van der Waals surface area contributed by atoms with Gasteiger partial charge in [-0.2, -0.15) is 0 Å². The SMILES string of the molecule is CC1N(c2ncnc3[nH]c4cc(S(=O)(=O)NC5(C)CC5)ccc4c23)CCN(C)C1(C)C(N)=O. The lowest BCUT2D eigenvalue weighted by atomic mass is 9.87. The van der Waals surface area contributed by atoms with Gasteiger partial charge in [0.2, 0.25) is 15.9 Å². The lowest BCUT2D eigenvalue weighted by Gasteiger charge is -2.50. The molecule has 1 amide bonds. The van der Waals surface area contributed by atoms with E-state index >= 15 is 0 Å². The summed E-state index contributed by atoms with van der Waals surface area (Å²) in [7, 11) is -1.73. The van der Waals surface area contributed by atoms with Crippen molar-refractivity contribution in [2.75, 3.05) is 25.0 Å². The van der Waals surface area contributed by atoms with Crippen LogP contribution in [0.5, 0.6) is 0 Å². The quantitative estimate of drug-likeness (QED) is 0.510. The van der Waals surface area contributed by atoms with Gasteiger partial charge in [0, 0.05) is 29.5 Å². The molecule has 1 aliphatic carbocycles. The molecule has 1 aromatic carbocycles. The van der Waals surface area contributed by atoms with E-state index in [1.165, 1.54) is 6.33 Å². The Hall–Kier alpha value is -2.76. The normalized spacial score (nSPS) is 25.6. The first-order chi connectivity index (χ1) is 15.5. The minimum absolute atomic E-state index is 0.207. The number of aromatic amines is 1. The number of carbonyl (C=O) groups excluding carboxylic acids is 1. The van der Waals surface area contributed by atoms with Gasteiger partial charge in [-0.25, -0.2) is 23.1 Å². The molecular weight excluding hydrogens is 442 g/mol. The predicted octanol–water partition coefficient (Wildman–Crippen LogP) is 1.33. The fourth-order valence-corrected chi connectivity index (χ4v) is 6.23. The number of piperazine rings is 1. The summed E-state index contributed by atoms with van der Waals surface area (Å²) in [5.41, 5.74) is 5.86. The van der Waals surface area contributed by atoms with Crippen LogP contribution in [-0.2, 0) is 14.8 Å². The van der Waals surface area contributed by atoms with Crippen LogP contribution in [-0.4, -0.2) is 71.4 Å². The number of likely N-dealkylation sites (N-methyl/N-ethyl adjacent to an activating group) is 1. The molecule has 1 saturated carbocycles. The van der Waals surface area contributed by atoms with Gasteiger partial charge < -0.3 is 15.6 Å². The minimum atomic E-state index is -3.63. The number of nitrogens with one attached hydrogen (secondary N) is 2. The topological polar surface area (TPSA) is 137 Å². The fourth-order valence-electron chi connectivity index (χ4n) is 4.74. The lowest BCUT2D eigenvalue weighted by molar-refractivity contribution is -0.130. The first-order valence-corrected chi connectivity index (χ1v) is 12.5. The third-order valence-electron chi connectivity index (χ3n) is 7.55. The number of amides is 1. The second kappa shape index (κ2) is 7.12. The van der Waals surface area contributed by atoms with E-state index in [-0.39, 0.29) is 16.5 Å². The molecule has 5 rings (SSSR count). The van der Waals surface area contributed by atoms with Crippen molar-refractivity contribution in [1.29, 1.82) is 0 Å². The van der Waals surface area contributed by atoms with Crippen LogP contribution >= 0.6 is 0 Å². The van der Waals surface area contributed by atoms with E-state index in [4.69, 9.17) is 5.73 Å². The molecule has 3 aromatic rings. The third kappa shape index (κ3) is 3.37. The molecule has 2 atom stereocenters. The zero-order valence-electron chi connectivity index (χ0n) is 19.2. The largest absolute Gasteiger partial charge is 0.368 e. The molecule has 0 bridgehead atoms. The number of sulfonamides is 1. The summed E-state index contributed by atoms with van der Waals surface area (Å²) in [6.07, 6.45) is 3.16. The number of aromatic nitrogens is 3. The van der Waals surface area contributed by atoms with Crippen LogP contribution in [0, 0.1) is 0 Å². The molecule has 2 unspecified atom stereocenters. The molecule has 1 aliphatic heterocycles. The summed E-state index contributed by atoms with van der Waals surface area (Å²) >= 11 is 0. The van der Waals surface area contributed by atoms with Crippen molar-refractivity contribution in [1.82, 2.24) is 24.6 Å². The van der Waals surface area contributed by atoms with Crippen LogP contribution in [0.25, 0.3) is 21.9 Å². The number of rotatable bonds is 5. The molecule has 0 radical (unpaired) electrons. The predicted molar refractivity (Wildman–Crippen MR) is 126 cm³/mol. The van der Waals surface area contributed by atoms with Gasteiger partial charge >= 0.3 is 0 Å². The fraction of sp³-hybridized carbons (Fsp3) is 0.500. The number of H-pyrrole nitrogens is 1. The maximum absolute atomic E-state index is 12.9. The van der Waals surface area contributed by atoms with E-state index in [0.717, 1.165) is 23.6 Å². The van der Waals surface area contributed by atoms with Gasteiger partial charge in [-0.1, -0.05) is 6.07 Å². The Morgan fingerprint density at radius 1 is 1.24 bits per heavy atom. The molecular formula is C22H29N7O3S. The number of nitrogens with two attached hydrogens (primary N) is 1. The number of hydrogen-bond acceptors (Lipinski definition) is 7. The highest BCUT2D eigenvalue weighted by Crippen LogP contribution is 2.38. The van der Waals surface area contributed by atoms with Gasteiger partial charge in [0.1, 0.15) is 23.3 Å². The van der Waals surface area contributed by atoms with Gasteiger partial charge in [-0.05, 0) is 52.8 Å². The van der Waals surface area contributed by atoms with Gasteiger partial charge in [0.05, 0.1) is 16.3 Å². The van der Waals surface area contributed by atoms with Crippen LogP contribution < -0.4 is 15.4 Å². The average Bonchev–Trinajstić information content (AvgIpc) is 3.34. The Kier molecular flexibility index (Phi) is 4.76. The highest BCUT2D eigenvalue weighted by Gasteiger charge is 2.47. The number of carbonyl (C=O) groups is 1. The third-order valence-corrected chi connectivity index (χ3v) is 9.19. The van der Waals surface area contributed by atoms with E-state index in [1.807, 2.05) is 32.7 Å². The summed E-state index contributed by atoms with van der Waals surface area (Å²) in [5, 5.41) is 1.62. The molecule has 4 N–H and O–H groups in total. The number of nitrogens with zero attached hydrogens (tertiary/aromatic N) is 4. The van der Waals surface area contributed by atoms with Crippen molar-refractivity contribution in [2.24, 2.45) is 5.73 Å². The molecule has 10 nitrogen and oxygen atoms in total. The number of benzene rings is 1. The molecule has 176 valence electrons. The maximum Gasteiger partial charge on any atom is 0.241 e. The van der Waals surface area contributed by atoms with Gasteiger partial charge in [-0.15, -0.1) is 0 Å². The van der Waals surface area contributed by atoms with Crippen LogP contribution in [0.1, 0.15) is 33.6 Å². The van der Waals surface area contributed by atoms with Gasteiger partial charge in [0.15, 0.2) is 0 Å². The van der Waals surface area contributed by atoms with E-state index in [9.17, 15) is 13.2 Å². The zero-order valence-corrected chi connectivity index (χ0v) is 20.0. The van der Waals surface area contributed by atoms with Crippen LogP contribution in [0.3, 0.4) is 0 Å². The molecule has 1 saturated heterocycles. The molecule has 0 spiro atoms. The lowest BCUT2D eigenvalue weighted by Crippen LogP contribution is -2.70. The number of fused-ring (bicyclic) bond motifs is 3. The second-order valence-corrected chi connectivity index (χ2v) is 11.4. The summed E-state index contributed by atoms with van der Waals surface area (Å²) in [4.78, 5) is 28.9. The van der Waals surface area contributed by atoms with E-state index in [1.54, 1.807) is 18.2 Å². The molecule has 2 aromatic heterocycles. The number of primary amides is 1. The summed E-state index contributed by atoms with van der Waals surface area (Å²) in [5.74, 6) is 0.302. The average molecular weight is 472 g/mol. The van der Waals surface area contributed by atoms with Crippen LogP contribution in [0.2, 0.25) is 0 Å². The van der Waals surface area contributed by atoms with E-state index in [2.05, 4.69) is 24.6 Å². The summed E-state index contributed by atoms with van der Waals surface area (Å²) in [6.45, 7) is 7.03. The first kappa shape index (κ1) is 22.1. The monoisotopic (exact) mass is 471 g/mol. The van der Waals surface area contributed by atoms with Crippen molar-refractivity contribution in [2.45, 2.75) is 55.6 Å². The zero-order chi connectivity index (χ0) is 23.8. The Labute approximate surface area is 192 Å². The van der Waals surface area contributed by atoms with E-state index in [0.29, 0.717) is 30.1 Å². The number of hydrogen-bond donors (Lipinski definition) is 3. The van der Waals surface area contributed by atoms with Gasteiger partial charge in [0.25, 0.3) is 0 Å². The molecule has 2 fully saturated rings. The van der Waals surface area contributed by atoms with Gasteiger partial charge in [-0.3, -0.25) is 9.69 Å². The summed E-state index contributed by atoms with van der Waals surface area (Å²) < 4.78 is 28.5. The van der Waals surface area contributed by atoms with Crippen molar-refractivity contribution < 1.29 is 13.2 Å². The Morgan fingerprint density at radius 3 is 2.64 bits per heavy atom. The van der Waals surface area contributed by atoms with Crippen LogP contribution in [0.15, 0.2) is 29.4 Å². The molecule has 33 heavy (non-hydrogen) atoms. The Balaban J connectivity index is 1.61. The summed E-state index contributed by atoms with van der Waals surface area (Å²) in [6, 6.07) is 4.80. The van der Waals surface area contributed by atoms with Crippen molar-refractivity contribution >= 4 is 43.7 Å². The smallest absolute Gasteiger partial charge is 0.241 e. The standard InChI is InChI=1S/C22H29N7O3S/c1-13-22(3,20(23)30)28(4)9-10-29(13)19-17-15-6-5-14(33(31,32)27-21(2)7-8-21)11-16(15)26-18(17)24-12-25-19/h5-6,11-13,27H,7-10H2,1-4H3,(H2,23,30)(H,24,25,26). The van der Waals surface area contributed by atoms with Crippen molar-refractivity contribution in [3.63, 3.8) is 0 Å².